The SMILES string of the molecule is CCOc1cc(/C=C2\SC(=Nc3cc(Cl)ccc3C)NC2=O)cc(I)c1OCC(N)=O. The molecule has 3 N–H and O–H groups in total. The van der Waals surface area contributed by atoms with E-state index < -0.39 is 5.91 Å². The van der Waals surface area contributed by atoms with Crippen molar-refractivity contribution in [1.82, 2.24) is 5.32 Å². The molecule has 1 heterocycles. The third-order valence-corrected chi connectivity index (χ3v) is 5.98. The number of hydrogen-bond acceptors (Lipinski definition) is 6. The van der Waals surface area contributed by atoms with Gasteiger partial charge in [-0.2, -0.15) is 0 Å². The van der Waals surface area contributed by atoms with Crippen LogP contribution in [0.3, 0.4) is 0 Å². The fraction of sp³-hybridized carbons (Fsp3) is 0.190. The molecule has 10 heteroatoms. The lowest BCUT2D eigenvalue weighted by atomic mass is 10.2. The smallest absolute Gasteiger partial charge is 0.264 e. The number of amides is 2. The van der Waals surface area contributed by atoms with Gasteiger partial charge >= 0.3 is 0 Å². The number of carbonyl (C=O) groups excluding carboxylic acids is 2. The van der Waals surface area contributed by atoms with Crippen molar-refractivity contribution in [2.45, 2.75) is 13.8 Å². The van der Waals surface area contributed by atoms with Crippen LogP contribution in [0.15, 0.2) is 40.2 Å². The second-order valence-corrected chi connectivity index (χ2v) is 9.06. The fourth-order valence-corrected chi connectivity index (χ4v) is 4.44. The van der Waals surface area contributed by atoms with Crippen molar-refractivity contribution in [2.75, 3.05) is 13.2 Å². The lowest BCUT2D eigenvalue weighted by Gasteiger charge is -2.14. The summed E-state index contributed by atoms with van der Waals surface area (Å²) in [6, 6.07) is 9.00. The van der Waals surface area contributed by atoms with E-state index in [9.17, 15) is 9.59 Å². The molecule has 1 fully saturated rings. The summed E-state index contributed by atoms with van der Waals surface area (Å²) in [5.74, 6) is 0.0793. The van der Waals surface area contributed by atoms with Gasteiger partial charge in [0.25, 0.3) is 11.8 Å². The number of nitrogens with zero attached hydrogens (tertiary/aromatic N) is 1. The second-order valence-electron chi connectivity index (χ2n) is 6.43. The molecule has 1 aliphatic rings. The van der Waals surface area contributed by atoms with E-state index in [0.29, 0.717) is 38.9 Å². The number of aryl methyl sites for hydroxylation is 1. The van der Waals surface area contributed by atoms with Gasteiger partial charge in [0.2, 0.25) is 0 Å². The Hall–Kier alpha value is -2.24. The molecule has 3 rings (SSSR count). The Morgan fingerprint density at radius 2 is 2.10 bits per heavy atom. The van der Waals surface area contributed by atoms with Gasteiger partial charge in [-0.25, -0.2) is 4.99 Å². The molecule has 162 valence electrons. The minimum atomic E-state index is -0.578. The summed E-state index contributed by atoms with van der Waals surface area (Å²) >= 11 is 9.38. The highest BCUT2D eigenvalue weighted by molar-refractivity contribution is 14.1. The highest BCUT2D eigenvalue weighted by Gasteiger charge is 2.24. The second kappa shape index (κ2) is 10.4. The summed E-state index contributed by atoms with van der Waals surface area (Å²) in [4.78, 5) is 28.5. The molecule has 0 aliphatic carbocycles. The van der Waals surface area contributed by atoms with E-state index in [4.69, 9.17) is 26.8 Å². The molecule has 2 aromatic carbocycles. The van der Waals surface area contributed by atoms with Gasteiger partial charge in [-0.05, 0) is 89.7 Å². The van der Waals surface area contributed by atoms with Crippen molar-refractivity contribution >= 4 is 74.7 Å². The van der Waals surface area contributed by atoms with Gasteiger partial charge < -0.3 is 20.5 Å². The topological polar surface area (TPSA) is 103 Å². The predicted octanol–water partition coefficient (Wildman–Crippen LogP) is 4.41. The number of halogens is 2. The van der Waals surface area contributed by atoms with Crippen molar-refractivity contribution in [2.24, 2.45) is 10.7 Å². The largest absolute Gasteiger partial charge is 0.490 e. The maximum absolute atomic E-state index is 12.5. The van der Waals surface area contributed by atoms with Crippen LogP contribution >= 0.6 is 46.0 Å². The van der Waals surface area contributed by atoms with E-state index in [1.165, 1.54) is 11.8 Å². The third kappa shape index (κ3) is 6.14. The maximum atomic E-state index is 12.5. The van der Waals surface area contributed by atoms with Crippen LogP contribution in [-0.4, -0.2) is 30.2 Å². The van der Waals surface area contributed by atoms with Crippen molar-refractivity contribution in [3.63, 3.8) is 0 Å². The zero-order valence-corrected chi connectivity index (χ0v) is 20.4. The van der Waals surface area contributed by atoms with Crippen LogP contribution < -0.4 is 20.5 Å². The third-order valence-electron chi connectivity index (χ3n) is 4.03. The number of amidine groups is 1. The number of nitrogens with one attached hydrogen (secondary N) is 1. The van der Waals surface area contributed by atoms with Gasteiger partial charge in [0.05, 0.1) is 20.8 Å². The number of aliphatic imine (C=N–C) groups is 1. The van der Waals surface area contributed by atoms with Gasteiger partial charge in [-0.1, -0.05) is 17.7 Å². The maximum Gasteiger partial charge on any atom is 0.264 e. The number of carbonyl (C=O) groups is 2. The summed E-state index contributed by atoms with van der Waals surface area (Å²) in [6.07, 6.45) is 1.75. The number of benzene rings is 2. The zero-order chi connectivity index (χ0) is 22.5. The standard InChI is InChI=1S/C21H19ClIN3O4S/c1-3-29-16-7-12(6-14(23)19(16)30-10-18(24)27)8-17-20(28)26-21(31-17)25-15-9-13(22)5-4-11(15)2/h4-9H,3,10H2,1-2H3,(H2,24,27)(H,25,26,28)/b17-8-. The van der Waals surface area contributed by atoms with Crippen LogP contribution in [-0.2, 0) is 9.59 Å². The highest BCUT2D eigenvalue weighted by Crippen LogP contribution is 2.36. The van der Waals surface area contributed by atoms with Gasteiger partial charge in [-0.15, -0.1) is 0 Å². The average Bonchev–Trinajstić information content (AvgIpc) is 3.03. The molecule has 2 amide bonds. The molecule has 0 aromatic heterocycles. The number of rotatable bonds is 7. The van der Waals surface area contributed by atoms with E-state index in [2.05, 4.69) is 32.9 Å². The number of hydrogen-bond donors (Lipinski definition) is 2. The molecule has 0 radical (unpaired) electrons. The molecule has 0 atom stereocenters. The Balaban J connectivity index is 1.88. The summed E-state index contributed by atoms with van der Waals surface area (Å²) in [5, 5.41) is 3.82. The van der Waals surface area contributed by atoms with Crippen LogP contribution in [0.1, 0.15) is 18.1 Å². The molecular weight excluding hydrogens is 553 g/mol. The van der Waals surface area contributed by atoms with Crippen molar-refractivity contribution < 1.29 is 19.1 Å². The van der Waals surface area contributed by atoms with Crippen LogP contribution in [0.25, 0.3) is 6.08 Å². The molecular formula is C21H19ClIN3O4S. The van der Waals surface area contributed by atoms with Crippen LogP contribution in [0.2, 0.25) is 5.02 Å². The molecule has 1 saturated heterocycles. The quantitative estimate of drug-likeness (QED) is 0.379. The molecule has 1 aliphatic heterocycles. The summed E-state index contributed by atoms with van der Waals surface area (Å²) < 4.78 is 11.9. The van der Waals surface area contributed by atoms with Gasteiger partial charge in [-0.3, -0.25) is 9.59 Å². The molecule has 0 bridgehead atoms. The molecule has 31 heavy (non-hydrogen) atoms. The number of nitrogens with two attached hydrogens (primary N) is 1. The minimum absolute atomic E-state index is 0.245. The van der Waals surface area contributed by atoms with E-state index in [0.717, 1.165) is 14.7 Å². The normalized spacial score (nSPS) is 15.9. The van der Waals surface area contributed by atoms with Crippen LogP contribution in [0, 0.1) is 10.5 Å². The Morgan fingerprint density at radius 1 is 1.32 bits per heavy atom. The van der Waals surface area contributed by atoms with Gasteiger partial charge in [0.15, 0.2) is 23.3 Å². The Labute approximate surface area is 202 Å². The highest BCUT2D eigenvalue weighted by atomic mass is 127. The summed E-state index contributed by atoms with van der Waals surface area (Å²) in [7, 11) is 0. The van der Waals surface area contributed by atoms with E-state index >= 15 is 0 Å². The number of primary amides is 1. The van der Waals surface area contributed by atoms with Crippen LogP contribution in [0.4, 0.5) is 5.69 Å². The first-order valence-corrected chi connectivity index (χ1v) is 11.5. The lowest BCUT2D eigenvalue weighted by molar-refractivity contribution is -0.120. The lowest BCUT2D eigenvalue weighted by Crippen LogP contribution is -2.20. The Morgan fingerprint density at radius 3 is 2.81 bits per heavy atom. The predicted molar refractivity (Wildman–Crippen MR) is 132 cm³/mol. The van der Waals surface area contributed by atoms with Crippen molar-refractivity contribution in [3.05, 3.63) is 55.0 Å². The van der Waals surface area contributed by atoms with E-state index in [-0.39, 0.29) is 12.5 Å². The Kier molecular flexibility index (Phi) is 7.84. The Bertz CT molecular complexity index is 1100. The van der Waals surface area contributed by atoms with Gasteiger partial charge in [0, 0.05) is 5.02 Å². The van der Waals surface area contributed by atoms with E-state index in [1.54, 1.807) is 24.3 Å². The monoisotopic (exact) mass is 571 g/mol. The molecule has 7 nitrogen and oxygen atoms in total. The number of thioether (sulfide) groups is 1. The number of ether oxygens (including phenoxy) is 2. The average molecular weight is 572 g/mol. The van der Waals surface area contributed by atoms with Crippen molar-refractivity contribution in [1.29, 1.82) is 0 Å². The molecule has 0 unspecified atom stereocenters. The minimum Gasteiger partial charge on any atom is -0.490 e. The molecule has 2 aromatic rings. The summed E-state index contributed by atoms with van der Waals surface area (Å²) in [5.41, 5.74) is 7.56. The van der Waals surface area contributed by atoms with Gasteiger partial charge in [0.1, 0.15) is 0 Å². The first-order chi connectivity index (χ1) is 14.8. The van der Waals surface area contributed by atoms with E-state index in [1.807, 2.05) is 26.0 Å². The van der Waals surface area contributed by atoms with Crippen molar-refractivity contribution in [3.8, 4) is 11.5 Å². The molecule has 0 spiro atoms. The van der Waals surface area contributed by atoms with Crippen LogP contribution in [0.5, 0.6) is 11.5 Å². The summed E-state index contributed by atoms with van der Waals surface area (Å²) in [6.45, 7) is 3.93. The zero-order valence-electron chi connectivity index (χ0n) is 16.7. The first-order valence-electron chi connectivity index (χ1n) is 9.20. The first kappa shape index (κ1) is 23.4. The molecule has 0 saturated carbocycles. The fourth-order valence-electron chi connectivity index (χ4n) is 2.66.